The van der Waals surface area contributed by atoms with E-state index in [2.05, 4.69) is 10.2 Å². The molecule has 0 aromatic heterocycles. The van der Waals surface area contributed by atoms with Crippen molar-refractivity contribution in [2.75, 3.05) is 0 Å². The molecule has 2 rings (SSSR count). The normalized spacial score (nSPS) is 11.2. The summed E-state index contributed by atoms with van der Waals surface area (Å²) >= 11 is 0. The summed E-state index contributed by atoms with van der Waals surface area (Å²) in [5.74, 6) is -0.449. The number of nitro benzene ring substituents is 2. The van der Waals surface area contributed by atoms with Crippen LogP contribution in [0.15, 0.2) is 46.6 Å². The fraction of sp³-hybridized carbons (Fsp3) is 0. The van der Waals surface area contributed by atoms with Crippen LogP contribution in [0.5, 0.6) is 11.5 Å². The Morgan fingerprint density at radius 3 is 1.50 bits per heavy atom. The summed E-state index contributed by atoms with van der Waals surface area (Å²) in [6.07, 6.45) is 2.15. The minimum atomic E-state index is -0.624. The molecule has 0 aliphatic carbocycles. The number of nitrogens with zero attached hydrogens (tertiary/aromatic N) is 4. The van der Waals surface area contributed by atoms with E-state index < -0.39 is 9.85 Å². The summed E-state index contributed by atoms with van der Waals surface area (Å²) in [5.41, 5.74) is -0.307. The maximum absolute atomic E-state index is 10.7. The Hall–Kier alpha value is -3.82. The van der Waals surface area contributed by atoms with Gasteiger partial charge in [0.25, 0.3) is 11.4 Å². The van der Waals surface area contributed by atoms with Crippen LogP contribution in [-0.2, 0) is 0 Å². The van der Waals surface area contributed by atoms with Crippen molar-refractivity contribution < 1.29 is 20.1 Å². The highest BCUT2D eigenvalue weighted by Crippen LogP contribution is 2.22. The molecule has 0 saturated carbocycles. The number of hydrogen-bond donors (Lipinski definition) is 2. The Kier molecular flexibility index (Phi) is 4.80. The second-order valence-electron chi connectivity index (χ2n) is 4.49. The van der Waals surface area contributed by atoms with Crippen LogP contribution in [0.3, 0.4) is 0 Å². The van der Waals surface area contributed by atoms with Gasteiger partial charge in [0.15, 0.2) is 0 Å². The molecule has 0 unspecified atom stereocenters. The van der Waals surface area contributed by atoms with Crippen molar-refractivity contribution in [1.82, 2.24) is 0 Å². The average Bonchev–Trinajstić information content (AvgIpc) is 2.54. The Morgan fingerprint density at radius 1 is 0.792 bits per heavy atom. The average molecular weight is 330 g/mol. The molecule has 0 bridgehead atoms. The van der Waals surface area contributed by atoms with Gasteiger partial charge in [0.05, 0.1) is 22.3 Å². The number of aromatic hydroxyl groups is 2. The molecule has 0 saturated heterocycles. The molecule has 0 heterocycles. The Balaban J connectivity index is 2.21. The highest BCUT2D eigenvalue weighted by atomic mass is 16.6. The van der Waals surface area contributed by atoms with E-state index in [1.807, 2.05) is 0 Å². The van der Waals surface area contributed by atoms with Crippen molar-refractivity contribution in [3.05, 3.63) is 67.8 Å². The van der Waals surface area contributed by atoms with Crippen LogP contribution in [-0.4, -0.2) is 32.5 Å². The molecular formula is C14H10N4O6. The minimum Gasteiger partial charge on any atom is -0.507 e. The van der Waals surface area contributed by atoms with Crippen molar-refractivity contribution >= 4 is 23.8 Å². The Morgan fingerprint density at radius 2 is 1.17 bits per heavy atom. The van der Waals surface area contributed by atoms with Gasteiger partial charge in [0.2, 0.25) is 0 Å². The standard InChI is InChI=1S/C14H10N4O6/c19-13-3-1-11(17(21)22)5-9(13)7-15-16-8-10-6-12(18(23)24)2-4-14(10)20/h1-8,19-20H/b15-7-,16-8+. The number of nitro groups is 2. The molecule has 0 amide bonds. The van der Waals surface area contributed by atoms with Gasteiger partial charge in [-0.05, 0) is 12.1 Å². The largest absolute Gasteiger partial charge is 0.507 e. The fourth-order valence-electron chi connectivity index (χ4n) is 1.71. The molecule has 10 nitrogen and oxygen atoms in total. The SMILES string of the molecule is O=[N+]([O-])c1ccc(O)c(/C=N\N=C\c2cc([N+](=O)[O-])ccc2O)c1. The first kappa shape index (κ1) is 16.5. The third kappa shape index (κ3) is 3.88. The molecule has 24 heavy (non-hydrogen) atoms. The zero-order chi connectivity index (χ0) is 17.7. The van der Waals surface area contributed by atoms with Gasteiger partial charge in [0, 0.05) is 35.4 Å². The first-order valence-electron chi connectivity index (χ1n) is 6.39. The van der Waals surface area contributed by atoms with E-state index in [0.717, 1.165) is 48.8 Å². The number of phenolic OH excluding ortho intramolecular Hbond substituents is 2. The minimum absolute atomic E-state index is 0.0737. The summed E-state index contributed by atoms with van der Waals surface area (Å²) in [4.78, 5) is 20.1. The van der Waals surface area contributed by atoms with Gasteiger partial charge in [0.1, 0.15) is 11.5 Å². The molecule has 2 aromatic rings. The van der Waals surface area contributed by atoms with Gasteiger partial charge >= 0.3 is 0 Å². The molecule has 2 aromatic carbocycles. The third-order valence-electron chi connectivity index (χ3n) is 2.90. The van der Waals surface area contributed by atoms with E-state index in [1.165, 1.54) is 0 Å². The molecular weight excluding hydrogens is 320 g/mol. The maximum Gasteiger partial charge on any atom is 0.270 e. The predicted octanol–water partition coefficient (Wildman–Crippen LogP) is 2.37. The molecule has 0 radical (unpaired) electrons. The van der Waals surface area contributed by atoms with E-state index >= 15 is 0 Å². The predicted molar refractivity (Wildman–Crippen MR) is 84.7 cm³/mol. The first-order chi connectivity index (χ1) is 11.4. The van der Waals surface area contributed by atoms with Crippen molar-refractivity contribution in [1.29, 1.82) is 0 Å². The second-order valence-corrected chi connectivity index (χ2v) is 4.49. The van der Waals surface area contributed by atoms with Crippen LogP contribution in [0.25, 0.3) is 0 Å². The van der Waals surface area contributed by atoms with Gasteiger partial charge < -0.3 is 10.2 Å². The van der Waals surface area contributed by atoms with Crippen LogP contribution in [0.4, 0.5) is 11.4 Å². The Bertz CT molecular complexity index is 791. The zero-order valence-corrected chi connectivity index (χ0v) is 11.9. The molecule has 0 atom stereocenters. The summed E-state index contributed by atoms with van der Waals surface area (Å²) in [6, 6.07) is 6.79. The summed E-state index contributed by atoms with van der Waals surface area (Å²) in [5, 5.41) is 47.7. The molecule has 0 spiro atoms. The summed E-state index contributed by atoms with van der Waals surface area (Å²) in [7, 11) is 0. The van der Waals surface area contributed by atoms with Crippen LogP contribution < -0.4 is 0 Å². The van der Waals surface area contributed by atoms with E-state index in [4.69, 9.17) is 0 Å². The van der Waals surface area contributed by atoms with Crippen molar-refractivity contribution in [2.24, 2.45) is 10.2 Å². The lowest BCUT2D eigenvalue weighted by atomic mass is 10.2. The van der Waals surface area contributed by atoms with E-state index in [9.17, 15) is 30.4 Å². The molecule has 0 aliphatic rings. The van der Waals surface area contributed by atoms with Crippen LogP contribution in [0.1, 0.15) is 11.1 Å². The van der Waals surface area contributed by atoms with Crippen molar-refractivity contribution in [3.8, 4) is 11.5 Å². The third-order valence-corrected chi connectivity index (χ3v) is 2.90. The Labute approximate surface area is 134 Å². The lowest BCUT2D eigenvalue weighted by molar-refractivity contribution is -0.385. The van der Waals surface area contributed by atoms with Gasteiger partial charge in [-0.25, -0.2) is 0 Å². The highest BCUT2D eigenvalue weighted by Gasteiger charge is 2.09. The van der Waals surface area contributed by atoms with Gasteiger partial charge in [-0.2, -0.15) is 10.2 Å². The summed E-state index contributed by atoms with van der Waals surface area (Å²) in [6.45, 7) is 0. The molecule has 10 heteroatoms. The maximum atomic E-state index is 10.7. The van der Waals surface area contributed by atoms with E-state index in [-0.39, 0.29) is 34.0 Å². The van der Waals surface area contributed by atoms with Crippen LogP contribution in [0, 0.1) is 20.2 Å². The van der Waals surface area contributed by atoms with Crippen molar-refractivity contribution in [2.45, 2.75) is 0 Å². The lowest BCUT2D eigenvalue weighted by Gasteiger charge is -1.98. The molecule has 122 valence electrons. The molecule has 0 fully saturated rings. The number of benzene rings is 2. The van der Waals surface area contributed by atoms with Crippen LogP contribution >= 0.6 is 0 Å². The zero-order valence-electron chi connectivity index (χ0n) is 11.9. The number of phenols is 2. The quantitative estimate of drug-likeness (QED) is 0.487. The molecule has 2 N–H and O–H groups in total. The fourth-order valence-corrected chi connectivity index (χ4v) is 1.71. The summed E-state index contributed by atoms with van der Waals surface area (Å²) < 4.78 is 0. The van der Waals surface area contributed by atoms with Crippen LogP contribution in [0.2, 0.25) is 0 Å². The lowest BCUT2D eigenvalue weighted by Crippen LogP contribution is -1.91. The van der Waals surface area contributed by atoms with Crippen molar-refractivity contribution in [3.63, 3.8) is 0 Å². The van der Waals surface area contributed by atoms with E-state index in [0.29, 0.717) is 0 Å². The smallest absolute Gasteiger partial charge is 0.270 e. The number of rotatable bonds is 5. The molecule has 0 aliphatic heterocycles. The van der Waals surface area contributed by atoms with Gasteiger partial charge in [-0.3, -0.25) is 20.2 Å². The van der Waals surface area contributed by atoms with E-state index in [1.54, 1.807) is 0 Å². The van der Waals surface area contributed by atoms with Gasteiger partial charge in [-0.15, -0.1) is 0 Å². The number of non-ortho nitro benzene ring substituents is 2. The highest BCUT2D eigenvalue weighted by molar-refractivity contribution is 5.87. The first-order valence-corrected chi connectivity index (χ1v) is 6.39. The topological polar surface area (TPSA) is 151 Å². The number of hydrogen-bond acceptors (Lipinski definition) is 8. The second kappa shape index (κ2) is 6.96. The van der Waals surface area contributed by atoms with Gasteiger partial charge in [-0.1, -0.05) is 0 Å². The monoisotopic (exact) mass is 330 g/mol.